The van der Waals surface area contributed by atoms with Crippen molar-refractivity contribution >= 4 is 21.8 Å². The van der Waals surface area contributed by atoms with E-state index in [2.05, 4.69) is 5.32 Å². The van der Waals surface area contributed by atoms with Crippen molar-refractivity contribution in [2.24, 2.45) is 0 Å². The van der Waals surface area contributed by atoms with Gasteiger partial charge in [-0.25, -0.2) is 12.8 Å². The quantitative estimate of drug-likeness (QED) is 0.866. The van der Waals surface area contributed by atoms with Crippen LogP contribution in [0.2, 0.25) is 0 Å². The molecule has 1 saturated heterocycles. The Hall–Kier alpha value is -0.630. The summed E-state index contributed by atoms with van der Waals surface area (Å²) in [6.07, 6.45) is 0.819. The number of thioether (sulfide) groups is 1. The van der Waals surface area contributed by atoms with Crippen LogP contribution in [0.1, 0.15) is 18.9 Å². The number of hydrogen-bond donors (Lipinski definition) is 1. The van der Waals surface area contributed by atoms with Crippen molar-refractivity contribution in [2.45, 2.75) is 30.8 Å². The summed E-state index contributed by atoms with van der Waals surface area (Å²) in [6, 6.07) is 4.24. The van der Waals surface area contributed by atoms with E-state index in [0.717, 1.165) is 30.0 Å². The molecule has 0 bridgehead atoms. The minimum absolute atomic E-state index is 0.0446. The lowest BCUT2D eigenvalue weighted by Crippen LogP contribution is -2.37. The van der Waals surface area contributed by atoms with E-state index in [0.29, 0.717) is 6.54 Å². The number of benzene rings is 1. The first-order chi connectivity index (χ1) is 9.96. The highest BCUT2D eigenvalue weighted by Gasteiger charge is 2.32. The second-order valence-electron chi connectivity index (χ2n) is 5.08. The second-order valence-corrected chi connectivity index (χ2v) is 8.20. The molecule has 1 aromatic rings. The van der Waals surface area contributed by atoms with Gasteiger partial charge in [0.2, 0.25) is 10.0 Å². The van der Waals surface area contributed by atoms with Gasteiger partial charge in [-0.15, -0.1) is 0 Å². The standard InChI is InChI=1S/C14H21FN2O2S2/c1-3-16-9-11-4-5-13(15)14(8-11)21(18,19)17(2)12-6-7-20-10-12/h4-5,8,12,16H,3,6-7,9-10H2,1-2H3. The lowest BCUT2D eigenvalue weighted by Gasteiger charge is -2.23. The van der Waals surface area contributed by atoms with Crippen molar-refractivity contribution in [2.75, 3.05) is 25.1 Å². The summed E-state index contributed by atoms with van der Waals surface area (Å²) in [7, 11) is -2.24. The molecule has 118 valence electrons. The van der Waals surface area contributed by atoms with Crippen molar-refractivity contribution in [3.63, 3.8) is 0 Å². The van der Waals surface area contributed by atoms with E-state index < -0.39 is 15.8 Å². The third-order valence-electron chi connectivity index (χ3n) is 3.65. The Morgan fingerprint density at radius 1 is 1.48 bits per heavy atom. The lowest BCUT2D eigenvalue weighted by molar-refractivity contribution is 0.391. The molecule has 0 aromatic heterocycles. The Labute approximate surface area is 130 Å². The van der Waals surface area contributed by atoms with E-state index in [4.69, 9.17) is 0 Å². The number of nitrogens with zero attached hydrogens (tertiary/aromatic N) is 1. The monoisotopic (exact) mass is 332 g/mol. The van der Waals surface area contributed by atoms with Crippen molar-refractivity contribution in [1.29, 1.82) is 0 Å². The summed E-state index contributed by atoms with van der Waals surface area (Å²) < 4.78 is 40.6. The molecule has 0 spiro atoms. The van der Waals surface area contributed by atoms with Crippen LogP contribution in [0, 0.1) is 5.82 Å². The first kappa shape index (κ1) is 16.7. The molecule has 4 nitrogen and oxygen atoms in total. The number of halogens is 1. The van der Waals surface area contributed by atoms with Gasteiger partial charge in [0.1, 0.15) is 10.7 Å². The largest absolute Gasteiger partial charge is 0.313 e. The third kappa shape index (κ3) is 3.77. The Morgan fingerprint density at radius 2 is 2.24 bits per heavy atom. The normalized spacial score (nSPS) is 19.3. The molecule has 1 aliphatic rings. The van der Waals surface area contributed by atoms with E-state index >= 15 is 0 Å². The average Bonchev–Trinajstić information content (AvgIpc) is 2.99. The average molecular weight is 332 g/mol. The highest BCUT2D eigenvalue weighted by molar-refractivity contribution is 7.99. The van der Waals surface area contributed by atoms with E-state index in [-0.39, 0.29) is 10.9 Å². The topological polar surface area (TPSA) is 49.4 Å². The zero-order chi connectivity index (χ0) is 15.5. The highest BCUT2D eigenvalue weighted by Crippen LogP contribution is 2.27. The summed E-state index contributed by atoms with van der Waals surface area (Å²) in [5.74, 6) is 1.04. The fraction of sp³-hybridized carbons (Fsp3) is 0.571. The molecular weight excluding hydrogens is 311 g/mol. The lowest BCUT2D eigenvalue weighted by atomic mass is 10.2. The molecule has 1 N–H and O–H groups in total. The van der Waals surface area contributed by atoms with E-state index in [1.54, 1.807) is 24.9 Å². The Morgan fingerprint density at radius 3 is 2.86 bits per heavy atom. The van der Waals surface area contributed by atoms with Gasteiger partial charge in [-0.3, -0.25) is 0 Å². The highest BCUT2D eigenvalue weighted by atomic mass is 32.2. The number of sulfonamides is 1. The van der Waals surface area contributed by atoms with Gasteiger partial charge in [0.15, 0.2) is 0 Å². The van der Waals surface area contributed by atoms with E-state index in [1.807, 2.05) is 6.92 Å². The van der Waals surface area contributed by atoms with Crippen LogP contribution in [0.15, 0.2) is 23.1 Å². The van der Waals surface area contributed by atoms with Crippen LogP contribution < -0.4 is 5.32 Å². The summed E-state index contributed by atoms with van der Waals surface area (Å²) in [6.45, 7) is 3.27. The minimum atomic E-state index is -3.78. The van der Waals surface area contributed by atoms with Gasteiger partial charge in [0.25, 0.3) is 0 Å². The van der Waals surface area contributed by atoms with Crippen LogP contribution in [0.25, 0.3) is 0 Å². The SMILES string of the molecule is CCNCc1ccc(F)c(S(=O)(=O)N(C)C2CCSC2)c1. The molecule has 1 aromatic carbocycles. The Bertz CT molecular complexity index is 587. The zero-order valence-corrected chi connectivity index (χ0v) is 13.9. The fourth-order valence-electron chi connectivity index (χ4n) is 2.28. The Balaban J connectivity index is 2.29. The predicted octanol–water partition coefficient (Wildman–Crippen LogP) is 2.06. The van der Waals surface area contributed by atoms with E-state index in [1.165, 1.54) is 16.4 Å². The van der Waals surface area contributed by atoms with Crippen molar-refractivity contribution in [1.82, 2.24) is 9.62 Å². The molecular formula is C14H21FN2O2S2. The van der Waals surface area contributed by atoms with Gasteiger partial charge in [-0.1, -0.05) is 13.0 Å². The molecule has 7 heteroatoms. The van der Waals surface area contributed by atoms with Crippen LogP contribution in [0.3, 0.4) is 0 Å². The number of hydrogen-bond acceptors (Lipinski definition) is 4. The minimum Gasteiger partial charge on any atom is -0.313 e. The smallest absolute Gasteiger partial charge is 0.246 e. The molecule has 21 heavy (non-hydrogen) atoms. The predicted molar refractivity (Wildman–Crippen MR) is 84.5 cm³/mol. The second kappa shape index (κ2) is 7.09. The number of rotatable bonds is 6. The Kier molecular flexibility index (Phi) is 5.65. The van der Waals surface area contributed by atoms with Crippen molar-refractivity contribution in [3.8, 4) is 0 Å². The number of nitrogens with one attached hydrogen (secondary N) is 1. The van der Waals surface area contributed by atoms with Gasteiger partial charge >= 0.3 is 0 Å². The molecule has 0 saturated carbocycles. The summed E-state index contributed by atoms with van der Waals surface area (Å²) in [4.78, 5) is -0.225. The third-order valence-corrected chi connectivity index (χ3v) is 6.72. The first-order valence-corrected chi connectivity index (χ1v) is 9.61. The molecule has 1 aliphatic heterocycles. The van der Waals surface area contributed by atoms with Gasteiger partial charge in [0.05, 0.1) is 0 Å². The maximum absolute atomic E-state index is 14.0. The van der Waals surface area contributed by atoms with Crippen molar-refractivity contribution < 1.29 is 12.8 Å². The molecule has 0 amide bonds. The first-order valence-electron chi connectivity index (χ1n) is 7.01. The van der Waals surface area contributed by atoms with Gasteiger partial charge in [-0.05, 0) is 36.4 Å². The fourth-order valence-corrected chi connectivity index (χ4v) is 5.14. The van der Waals surface area contributed by atoms with E-state index in [9.17, 15) is 12.8 Å². The van der Waals surface area contributed by atoms with Crippen LogP contribution in [-0.4, -0.2) is 43.9 Å². The molecule has 1 atom stereocenters. The molecule has 2 rings (SSSR count). The molecule has 0 aliphatic carbocycles. The van der Waals surface area contributed by atoms with Gasteiger partial charge in [0, 0.05) is 25.4 Å². The van der Waals surface area contributed by atoms with Gasteiger partial charge < -0.3 is 5.32 Å². The maximum atomic E-state index is 14.0. The van der Waals surface area contributed by atoms with Gasteiger partial charge in [-0.2, -0.15) is 16.1 Å². The molecule has 1 heterocycles. The van der Waals surface area contributed by atoms with Crippen LogP contribution in [0.4, 0.5) is 4.39 Å². The molecule has 1 fully saturated rings. The van der Waals surface area contributed by atoms with Crippen LogP contribution >= 0.6 is 11.8 Å². The zero-order valence-electron chi connectivity index (χ0n) is 12.3. The summed E-state index contributed by atoms with van der Waals surface area (Å²) in [5, 5.41) is 3.11. The summed E-state index contributed by atoms with van der Waals surface area (Å²) >= 11 is 1.73. The van der Waals surface area contributed by atoms with Crippen LogP contribution in [0.5, 0.6) is 0 Å². The molecule has 1 unspecified atom stereocenters. The molecule has 0 radical (unpaired) electrons. The summed E-state index contributed by atoms with van der Waals surface area (Å²) in [5.41, 5.74) is 0.769. The van der Waals surface area contributed by atoms with Crippen LogP contribution in [-0.2, 0) is 16.6 Å². The maximum Gasteiger partial charge on any atom is 0.246 e. The van der Waals surface area contributed by atoms with Crippen molar-refractivity contribution in [3.05, 3.63) is 29.6 Å².